The quantitative estimate of drug-likeness (QED) is 0.355. The number of nitrogens with zero attached hydrogens (tertiary/aromatic N) is 3. The summed E-state index contributed by atoms with van der Waals surface area (Å²) in [5.74, 6) is 0.524. The van der Waals surface area contributed by atoms with Crippen molar-refractivity contribution in [3.8, 4) is 0 Å². The van der Waals surface area contributed by atoms with Crippen LogP contribution in [0.1, 0.15) is 19.8 Å². The number of aliphatic imine (C=N–C) groups is 1. The van der Waals surface area contributed by atoms with Crippen LogP contribution in [0.3, 0.4) is 0 Å². The minimum atomic E-state index is 0. The Morgan fingerprint density at radius 3 is 3.00 bits per heavy atom. The number of guanidine groups is 1. The first-order valence-electron chi connectivity index (χ1n) is 5.34. The minimum absolute atomic E-state index is 0. The summed E-state index contributed by atoms with van der Waals surface area (Å²) >= 11 is 0. The van der Waals surface area contributed by atoms with Crippen LogP contribution >= 0.6 is 24.0 Å². The molecule has 0 aliphatic rings. The fraction of sp³-hybridized carbons (Fsp3) is 0.600. The fourth-order valence-electron chi connectivity index (χ4n) is 1.14. The van der Waals surface area contributed by atoms with E-state index in [0.29, 0.717) is 5.96 Å². The molecule has 0 atom stereocenters. The molecular formula is C10H20IN5. The lowest BCUT2D eigenvalue weighted by Gasteiger charge is -2.05. The number of nitrogens with one attached hydrogen (secondary N) is 1. The Morgan fingerprint density at radius 1 is 1.56 bits per heavy atom. The summed E-state index contributed by atoms with van der Waals surface area (Å²) in [6.45, 7) is 4.49. The Balaban J connectivity index is 0.00000225. The van der Waals surface area contributed by atoms with Crippen molar-refractivity contribution in [2.24, 2.45) is 10.7 Å². The van der Waals surface area contributed by atoms with Crippen LogP contribution in [0.4, 0.5) is 0 Å². The zero-order valence-corrected chi connectivity index (χ0v) is 11.9. The SMILES string of the molecule is CCCCN=C(N)NCCn1cccn1.I. The van der Waals surface area contributed by atoms with E-state index in [4.69, 9.17) is 5.73 Å². The van der Waals surface area contributed by atoms with Gasteiger partial charge in [0.25, 0.3) is 0 Å². The summed E-state index contributed by atoms with van der Waals surface area (Å²) < 4.78 is 1.85. The van der Waals surface area contributed by atoms with Crippen LogP contribution < -0.4 is 11.1 Å². The molecule has 16 heavy (non-hydrogen) atoms. The normalized spacial score (nSPS) is 10.9. The molecule has 1 heterocycles. The van der Waals surface area contributed by atoms with E-state index >= 15 is 0 Å². The molecule has 0 aliphatic carbocycles. The van der Waals surface area contributed by atoms with Gasteiger partial charge in [0.2, 0.25) is 0 Å². The first kappa shape index (κ1) is 15.2. The molecule has 0 radical (unpaired) electrons. The van der Waals surface area contributed by atoms with Gasteiger partial charge >= 0.3 is 0 Å². The molecule has 0 aliphatic heterocycles. The smallest absolute Gasteiger partial charge is 0.188 e. The zero-order chi connectivity index (χ0) is 10.9. The van der Waals surface area contributed by atoms with E-state index in [0.717, 1.165) is 32.5 Å². The van der Waals surface area contributed by atoms with Gasteiger partial charge in [-0.3, -0.25) is 9.67 Å². The first-order chi connectivity index (χ1) is 7.33. The van der Waals surface area contributed by atoms with Crippen LogP contribution in [-0.4, -0.2) is 28.8 Å². The third kappa shape index (κ3) is 6.65. The van der Waals surface area contributed by atoms with E-state index in [1.807, 2.05) is 16.9 Å². The molecule has 0 saturated heterocycles. The third-order valence-corrected chi connectivity index (χ3v) is 2.00. The summed E-state index contributed by atoms with van der Waals surface area (Å²) in [4.78, 5) is 4.19. The van der Waals surface area contributed by atoms with E-state index in [9.17, 15) is 0 Å². The van der Waals surface area contributed by atoms with E-state index in [2.05, 4.69) is 22.3 Å². The zero-order valence-electron chi connectivity index (χ0n) is 9.59. The van der Waals surface area contributed by atoms with Gasteiger partial charge in [-0.2, -0.15) is 5.10 Å². The Morgan fingerprint density at radius 2 is 2.38 bits per heavy atom. The predicted molar refractivity (Wildman–Crippen MR) is 77.0 cm³/mol. The van der Waals surface area contributed by atoms with Crippen LogP contribution in [0, 0.1) is 0 Å². The molecular weight excluding hydrogens is 317 g/mol. The Kier molecular flexibility index (Phi) is 8.97. The van der Waals surface area contributed by atoms with Gasteiger partial charge in [-0.1, -0.05) is 13.3 Å². The third-order valence-electron chi connectivity index (χ3n) is 2.00. The lowest BCUT2D eigenvalue weighted by atomic mass is 10.3. The molecule has 1 rings (SSSR count). The summed E-state index contributed by atoms with van der Waals surface area (Å²) in [5, 5.41) is 7.13. The largest absolute Gasteiger partial charge is 0.370 e. The van der Waals surface area contributed by atoms with Crippen molar-refractivity contribution >= 4 is 29.9 Å². The van der Waals surface area contributed by atoms with Crippen molar-refractivity contribution < 1.29 is 0 Å². The van der Waals surface area contributed by atoms with Gasteiger partial charge in [-0.25, -0.2) is 0 Å². The number of unbranched alkanes of at least 4 members (excludes halogenated alkanes) is 1. The van der Waals surface area contributed by atoms with Crippen LogP contribution in [0.2, 0.25) is 0 Å². The van der Waals surface area contributed by atoms with Gasteiger partial charge in [0.05, 0.1) is 6.54 Å². The van der Waals surface area contributed by atoms with Crippen molar-refractivity contribution in [3.63, 3.8) is 0 Å². The van der Waals surface area contributed by atoms with Gasteiger partial charge in [0.1, 0.15) is 0 Å². The Labute approximate surface area is 114 Å². The molecule has 0 unspecified atom stereocenters. The molecule has 0 saturated carbocycles. The van der Waals surface area contributed by atoms with Crippen LogP contribution in [0.25, 0.3) is 0 Å². The minimum Gasteiger partial charge on any atom is -0.370 e. The molecule has 92 valence electrons. The van der Waals surface area contributed by atoms with Crippen molar-refractivity contribution in [2.45, 2.75) is 26.3 Å². The van der Waals surface area contributed by atoms with E-state index < -0.39 is 0 Å². The van der Waals surface area contributed by atoms with Crippen molar-refractivity contribution in [1.82, 2.24) is 15.1 Å². The maximum atomic E-state index is 5.66. The Hall–Kier alpha value is -0.790. The predicted octanol–water partition coefficient (Wildman–Crippen LogP) is 1.21. The van der Waals surface area contributed by atoms with Gasteiger partial charge < -0.3 is 11.1 Å². The average molecular weight is 337 g/mol. The van der Waals surface area contributed by atoms with Crippen LogP contribution in [0.15, 0.2) is 23.5 Å². The molecule has 1 aromatic heterocycles. The number of rotatable bonds is 6. The first-order valence-corrected chi connectivity index (χ1v) is 5.34. The van der Waals surface area contributed by atoms with Gasteiger partial charge in [-0.05, 0) is 12.5 Å². The summed E-state index contributed by atoms with van der Waals surface area (Å²) in [5.41, 5.74) is 5.66. The number of halogens is 1. The standard InChI is InChI=1S/C10H19N5.HI/c1-2-3-5-12-10(11)13-7-9-15-8-4-6-14-15;/h4,6,8H,2-3,5,7,9H2,1H3,(H3,11,12,13);1H. The number of hydrogen-bond acceptors (Lipinski definition) is 2. The number of aromatic nitrogens is 2. The highest BCUT2D eigenvalue weighted by atomic mass is 127. The maximum absolute atomic E-state index is 5.66. The number of nitrogens with two attached hydrogens (primary N) is 1. The maximum Gasteiger partial charge on any atom is 0.188 e. The van der Waals surface area contributed by atoms with Crippen LogP contribution in [0.5, 0.6) is 0 Å². The van der Waals surface area contributed by atoms with Crippen molar-refractivity contribution in [1.29, 1.82) is 0 Å². The van der Waals surface area contributed by atoms with E-state index in [-0.39, 0.29) is 24.0 Å². The molecule has 1 aromatic rings. The molecule has 0 aromatic carbocycles. The highest BCUT2D eigenvalue weighted by Gasteiger charge is 1.92. The van der Waals surface area contributed by atoms with Gasteiger partial charge in [-0.15, -0.1) is 24.0 Å². The molecule has 0 bridgehead atoms. The second-order valence-corrected chi connectivity index (χ2v) is 3.32. The van der Waals surface area contributed by atoms with Crippen molar-refractivity contribution in [2.75, 3.05) is 13.1 Å². The molecule has 5 nitrogen and oxygen atoms in total. The molecule has 0 spiro atoms. The summed E-state index contributed by atoms with van der Waals surface area (Å²) in [7, 11) is 0. The monoisotopic (exact) mass is 337 g/mol. The van der Waals surface area contributed by atoms with Gasteiger partial charge in [0.15, 0.2) is 5.96 Å². The molecule has 0 fully saturated rings. The van der Waals surface area contributed by atoms with Crippen molar-refractivity contribution in [3.05, 3.63) is 18.5 Å². The van der Waals surface area contributed by atoms with Crippen LogP contribution in [-0.2, 0) is 6.54 Å². The summed E-state index contributed by atoms with van der Waals surface area (Å²) in [6.07, 6.45) is 5.91. The average Bonchev–Trinajstić information content (AvgIpc) is 2.71. The highest BCUT2D eigenvalue weighted by molar-refractivity contribution is 14.0. The van der Waals surface area contributed by atoms with E-state index in [1.165, 1.54) is 0 Å². The topological polar surface area (TPSA) is 68.2 Å². The lowest BCUT2D eigenvalue weighted by Crippen LogP contribution is -2.34. The fourth-order valence-corrected chi connectivity index (χ4v) is 1.14. The Bertz CT molecular complexity index is 283. The number of hydrogen-bond donors (Lipinski definition) is 2. The molecule has 0 amide bonds. The molecule has 3 N–H and O–H groups in total. The second kappa shape index (κ2) is 9.44. The second-order valence-electron chi connectivity index (χ2n) is 3.32. The lowest BCUT2D eigenvalue weighted by molar-refractivity contribution is 0.601. The van der Waals surface area contributed by atoms with E-state index in [1.54, 1.807) is 6.20 Å². The van der Waals surface area contributed by atoms with Gasteiger partial charge in [0, 0.05) is 25.5 Å². The summed E-state index contributed by atoms with van der Waals surface area (Å²) in [6, 6.07) is 1.90. The molecule has 6 heteroatoms. The highest BCUT2D eigenvalue weighted by Crippen LogP contribution is 1.86.